The van der Waals surface area contributed by atoms with E-state index in [0.717, 1.165) is 18.1 Å². The van der Waals surface area contributed by atoms with Crippen LogP contribution in [0.15, 0.2) is 18.3 Å². The van der Waals surface area contributed by atoms with Crippen LogP contribution in [-0.4, -0.2) is 30.2 Å². The molecule has 1 atom stereocenters. The Labute approximate surface area is 108 Å². The number of hydrogen-bond donors (Lipinski definition) is 2. The maximum absolute atomic E-state index is 5.12. The van der Waals surface area contributed by atoms with Crippen molar-refractivity contribution in [3.8, 4) is 5.75 Å². The molecule has 0 aromatic carbocycles. The first-order chi connectivity index (χ1) is 8.80. The Balaban J connectivity index is 1.61. The van der Waals surface area contributed by atoms with Gasteiger partial charge in [0, 0.05) is 11.6 Å². The second kappa shape index (κ2) is 4.76. The average molecular weight is 247 g/mol. The van der Waals surface area contributed by atoms with E-state index in [1.54, 1.807) is 13.3 Å². The number of methoxy groups -OCH3 is 1. The number of anilines is 1. The fourth-order valence-corrected chi connectivity index (χ4v) is 3.06. The Morgan fingerprint density at radius 2 is 2.33 bits per heavy atom. The summed E-state index contributed by atoms with van der Waals surface area (Å²) < 4.78 is 5.12. The van der Waals surface area contributed by atoms with Crippen LogP contribution in [0.2, 0.25) is 0 Å². The first-order valence-corrected chi connectivity index (χ1v) is 6.81. The fraction of sp³-hybridized carbons (Fsp3) is 0.643. The summed E-state index contributed by atoms with van der Waals surface area (Å²) in [7, 11) is 1.66. The smallest absolute Gasteiger partial charge is 0.137 e. The van der Waals surface area contributed by atoms with Gasteiger partial charge in [-0.2, -0.15) is 0 Å². The first kappa shape index (κ1) is 11.8. The molecule has 1 spiro atoms. The van der Waals surface area contributed by atoms with Crippen molar-refractivity contribution in [1.82, 2.24) is 10.3 Å². The molecule has 2 N–H and O–H groups in total. The van der Waals surface area contributed by atoms with Gasteiger partial charge in [-0.25, -0.2) is 4.98 Å². The Morgan fingerprint density at radius 3 is 2.94 bits per heavy atom. The molecular weight excluding hydrogens is 226 g/mol. The fourth-order valence-electron chi connectivity index (χ4n) is 3.06. The van der Waals surface area contributed by atoms with E-state index < -0.39 is 0 Å². The van der Waals surface area contributed by atoms with Gasteiger partial charge >= 0.3 is 0 Å². The topological polar surface area (TPSA) is 46.2 Å². The molecule has 2 heterocycles. The van der Waals surface area contributed by atoms with Gasteiger partial charge in [-0.05, 0) is 50.8 Å². The van der Waals surface area contributed by atoms with E-state index in [4.69, 9.17) is 4.74 Å². The van der Waals surface area contributed by atoms with Crippen molar-refractivity contribution in [2.24, 2.45) is 0 Å². The zero-order valence-corrected chi connectivity index (χ0v) is 10.9. The monoisotopic (exact) mass is 247 g/mol. The van der Waals surface area contributed by atoms with Crippen molar-refractivity contribution in [2.45, 2.75) is 43.7 Å². The normalized spacial score (nSPS) is 25.5. The largest absolute Gasteiger partial charge is 0.495 e. The molecule has 2 aliphatic rings. The Hall–Kier alpha value is -1.29. The number of aromatic nitrogens is 1. The molecule has 0 radical (unpaired) electrons. The summed E-state index contributed by atoms with van der Waals surface area (Å²) in [6, 6.07) is 4.50. The SMILES string of the molecule is COc1ccc(NC2CCNC3(CCC3)C2)nc1. The maximum Gasteiger partial charge on any atom is 0.137 e. The Morgan fingerprint density at radius 1 is 1.44 bits per heavy atom. The molecule has 1 aromatic rings. The van der Waals surface area contributed by atoms with Crippen LogP contribution in [0.25, 0.3) is 0 Å². The summed E-state index contributed by atoms with van der Waals surface area (Å²) >= 11 is 0. The van der Waals surface area contributed by atoms with Crippen molar-refractivity contribution in [2.75, 3.05) is 19.0 Å². The average Bonchev–Trinajstić information content (AvgIpc) is 2.38. The molecule has 1 saturated heterocycles. The third kappa shape index (κ3) is 2.29. The predicted octanol–water partition coefficient (Wildman–Crippen LogP) is 2.18. The van der Waals surface area contributed by atoms with Gasteiger partial charge in [0.1, 0.15) is 11.6 Å². The van der Waals surface area contributed by atoms with Crippen LogP contribution in [0.5, 0.6) is 5.75 Å². The van der Waals surface area contributed by atoms with E-state index in [0.29, 0.717) is 11.6 Å². The van der Waals surface area contributed by atoms with Crippen molar-refractivity contribution < 1.29 is 4.74 Å². The number of nitrogens with zero attached hydrogens (tertiary/aromatic N) is 1. The van der Waals surface area contributed by atoms with Crippen LogP contribution < -0.4 is 15.4 Å². The molecule has 1 aliphatic heterocycles. The molecule has 1 unspecified atom stereocenters. The van der Waals surface area contributed by atoms with E-state index in [2.05, 4.69) is 15.6 Å². The molecule has 18 heavy (non-hydrogen) atoms. The maximum atomic E-state index is 5.12. The minimum Gasteiger partial charge on any atom is -0.495 e. The van der Waals surface area contributed by atoms with E-state index in [1.807, 2.05) is 12.1 Å². The third-order valence-electron chi connectivity index (χ3n) is 4.26. The highest BCUT2D eigenvalue weighted by Gasteiger charge is 2.40. The summed E-state index contributed by atoms with van der Waals surface area (Å²) in [5.41, 5.74) is 0.433. The minimum absolute atomic E-state index is 0.433. The first-order valence-electron chi connectivity index (χ1n) is 6.81. The lowest BCUT2D eigenvalue weighted by Gasteiger charge is -2.48. The van der Waals surface area contributed by atoms with E-state index in [1.165, 1.54) is 32.1 Å². The van der Waals surface area contributed by atoms with Crippen LogP contribution in [-0.2, 0) is 0 Å². The molecule has 0 bridgehead atoms. The van der Waals surface area contributed by atoms with Crippen molar-refractivity contribution in [3.63, 3.8) is 0 Å². The van der Waals surface area contributed by atoms with Crippen LogP contribution in [0, 0.1) is 0 Å². The zero-order valence-electron chi connectivity index (χ0n) is 10.9. The highest BCUT2D eigenvalue weighted by molar-refractivity contribution is 5.38. The van der Waals surface area contributed by atoms with Crippen LogP contribution >= 0.6 is 0 Å². The standard InChI is InChI=1S/C14H21N3O/c1-18-12-3-4-13(15-10-12)17-11-5-8-16-14(9-11)6-2-7-14/h3-4,10-11,16H,2,5-9H2,1H3,(H,15,17). The summed E-state index contributed by atoms with van der Waals surface area (Å²) in [4.78, 5) is 4.38. The minimum atomic E-state index is 0.433. The van der Waals surface area contributed by atoms with Gasteiger partial charge in [0.25, 0.3) is 0 Å². The molecule has 4 nitrogen and oxygen atoms in total. The zero-order chi connectivity index (χ0) is 12.4. The lowest BCUT2D eigenvalue weighted by molar-refractivity contribution is 0.135. The molecule has 1 saturated carbocycles. The van der Waals surface area contributed by atoms with Crippen molar-refractivity contribution in [1.29, 1.82) is 0 Å². The number of piperidine rings is 1. The van der Waals surface area contributed by atoms with Gasteiger partial charge in [-0.3, -0.25) is 0 Å². The summed E-state index contributed by atoms with van der Waals surface area (Å²) in [5, 5.41) is 7.23. The summed E-state index contributed by atoms with van der Waals surface area (Å²) in [5.74, 6) is 1.76. The van der Waals surface area contributed by atoms with Crippen LogP contribution in [0.4, 0.5) is 5.82 Å². The molecule has 0 amide bonds. The summed E-state index contributed by atoms with van der Waals surface area (Å²) in [6.45, 7) is 1.12. The van der Waals surface area contributed by atoms with Crippen molar-refractivity contribution >= 4 is 5.82 Å². The lowest BCUT2D eigenvalue weighted by Crippen LogP contribution is -2.58. The van der Waals surface area contributed by atoms with Crippen LogP contribution in [0.1, 0.15) is 32.1 Å². The number of hydrogen-bond acceptors (Lipinski definition) is 4. The quantitative estimate of drug-likeness (QED) is 0.859. The van der Waals surface area contributed by atoms with E-state index in [-0.39, 0.29) is 0 Å². The van der Waals surface area contributed by atoms with Gasteiger partial charge in [0.05, 0.1) is 13.3 Å². The lowest BCUT2D eigenvalue weighted by atomic mass is 9.70. The Kier molecular flexibility index (Phi) is 3.12. The molecule has 2 fully saturated rings. The second-order valence-electron chi connectivity index (χ2n) is 5.48. The molecule has 3 rings (SSSR count). The van der Waals surface area contributed by atoms with Gasteiger partial charge in [-0.1, -0.05) is 0 Å². The Bertz CT molecular complexity index is 400. The molecule has 1 aromatic heterocycles. The van der Waals surface area contributed by atoms with Gasteiger partial charge < -0.3 is 15.4 Å². The molecule has 98 valence electrons. The van der Waals surface area contributed by atoms with Gasteiger partial charge in [0.15, 0.2) is 0 Å². The van der Waals surface area contributed by atoms with Crippen molar-refractivity contribution in [3.05, 3.63) is 18.3 Å². The third-order valence-corrected chi connectivity index (χ3v) is 4.26. The molecular formula is C14H21N3O. The number of ether oxygens (including phenoxy) is 1. The highest BCUT2D eigenvalue weighted by Crippen LogP contribution is 2.38. The van der Waals surface area contributed by atoms with E-state index in [9.17, 15) is 0 Å². The molecule has 1 aliphatic carbocycles. The molecule has 4 heteroatoms. The van der Waals surface area contributed by atoms with Crippen LogP contribution in [0.3, 0.4) is 0 Å². The summed E-state index contributed by atoms with van der Waals surface area (Å²) in [6.07, 6.45) is 8.21. The van der Waals surface area contributed by atoms with Gasteiger partial charge in [0.2, 0.25) is 0 Å². The highest BCUT2D eigenvalue weighted by atomic mass is 16.5. The van der Waals surface area contributed by atoms with E-state index >= 15 is 0 Å². The number of nitrogens with one attached hydrogen (secondary N) is 2. The predicted molar refractivity (Wildman–Crippen MR) is 72.0 cm³/mol. The second-order valence-corrected chi connectivity index (χ2v) is 5.48. The number of pyridine rings is 1. The van der Waals surface area contributed by atoms with Gasteiger partial charge in [-0.15, -0.1) is 0 Å². The number of rotatable bonds is 3.